The molecule has 3 nitrogen and oxygen atoms in total. The van der Waals surface area contributed by atoms with Gasteiger partial charge in [-0.1, -0.05) is 27.7 Å². The first-order chi connectivity index (χ1) is 7.49. The molecule has 1 N–H and O–H groups in total. The molecule has 1 amide bonds. The first-order valence-corrected chi connectivity index (χ1v) is 6.24. The number of amides is 1. The summed E-state index contributed by atoms with van der Waals surface area (Å²) >= 11 is 0. The summed E-state index contributed by atoms with van der Waals surface area (Å²) in [4.78, 5) is 11.5. The first-order valence-electron chi connectivity index (χ1n) is 6.24. The van der Waals surface area contributed by atoms with Gasteiger partial charge in [-0.05, 0) is 24.2 Å². The Bertz CT molecular complexity index is 182. The topological polar surface area (TPSA) is 38.3 Å². The molecule has 96 valence electrons. The lowest BCUT2D eigenvalue weighted by Gasteiger charge is -2.25. The smallest absolute Gasteiger partial charge is 0.220 e. The van der Waals surface area contributed by atoms with Crippen LogP contribution in [-0.4, -0.2) is 26.2 Å². The average molecular weight is 229 g/mol. The van der Waals surface area contributed by atoms with Gasteiger partial charge in [-0.3, -0.25) is 4.79 Å². The van der Waals surface area contributed by atoms with Crippen molar-refractivity contribution in [2.75, 3.05) is 20.3 Å². The van der Waals surface area contributed by atoms with Crippen molar-refractivity contribution in [3.63, 3.8) is 0 Å². The zero-order valence-corrected chi connectivity index (χ0v) is 11.4. The molecule has 0 fully saturated rings. The summed E-state index contributed by atoms with van der Waals surface area (Å²) < 4.78 is 4.91. The van der Waals surface area contributed by atoms with E-state index < -0.39 is 0 Å². The summed E-state index contributed by atoms with van der Waals surface area (Å²) in [6, 6.07) is 0. The Hall–Kier alpha value is -0.570. The van der Waals surface area contributed by atoms with Crippen molar-refractivity contribution < 1.29 is 9.53 Å². The molecule has 0 saturated heterocycles. The zero-order chi connectivity index (χ0) is 12.6. The van der Waals surface area contributed by atoms with Crippen LogP contribution >= 0.6 is 0 Å². The van der Waals surface area contributed by atoms with Crippen LogP contribution in [0.2, 0.25) is 0 Å². The van der Waals surface area contributed by atoms with Crippen LogP contribution in [0.3, 0.4) is 0 Å². The van der Waals surface area contributed by atoms with Crippen molar-refractivity contribution in [2.45, 2.75) is 40.5 Å². The maximum atomic E-state index is 11.5. The van der Waals surface area contributed by atoms with Gasteiger partial charge in [0.1, 0.15) is 0 Å². The van der Waals surface area contributed by atoms with E-state index >= 15 is 0 Å². The predicted molar refractivity (Wildman–Crippen MR) is 67.3 cm³/mol. The number of nitrogens with one attached hydrogen (secondary N) is 1. The maximum absolute atomic E-state index is 11.5. The molecule has 0 atom stereocenters. The number of hydrogen-bond donors (Lipinski definition) is 1. The van der Waals surface area contributed by atoms with Gasteiger partial charge in [0.2, 0.25) is 5.91 Å². The summed E-state index contributed by atoms with van der Waals surface area (Å²) in [5.74, 6) is 1.92. The molecule has 0 radical (unpaired) electrons. The van der Waals surface area contributed by atoms with Crippen LogP contribution in [0.15, 0.2) is 0 Å². The van der Waals surface area contributed by atoms with E-state index in [1.165, 1.54) is 0 Å². The third kappa shape index (κ3) is 6.83. The van der Waals surface area contributed by atoms with E-state index in [0.29, 0.717) is 30.8 Å². The van der Waals surface area contributed by atoms with E-state index in [2.05, 4.69) is 33.0 Å². The Balaban J connectivity index is 3.79. The molecular formula is C13H27NO2. The Kier molecular flexibility index (Phi) is 8.26. The van der Waals surface area contributed by atoms with Crippen LogP contribution < -0.4 is 5.32 Å². The Morgan fingerprint density at radius 3 is 2.19 bits per heavy atom. The van der Waals surface area contributed by atoms with Gasteiger partial charge < -0.3 is 10.1 Å². The first kappa shape index (κ1) is 15.4. The number of methoxy groups -OCH3 is 1. The van der Waals surface area contributed by atoms with Crippen molar-refractivity contribution >= 4 is 5.91 Å². The SMILES string of the molecule is COCCCC(=O)NCC(C(C)C)C(C)C. The fourth-order valence-corrected chi connectivity index (χ4v) is 1.94. The normalized spacial score (nSPS) is 11.5. The van der Waals surface area contributed by atoms with Gasteiger partial charge in [-0.25, -0.2) is 0 Å². The molecule has 0 aliphatic carbocycles. The van der Waals surface area contributed by atoms with Crippen molar-refractivity contribution in [3.8, 4) is 0 Å². The van der Waals surface area contributed by atoms with E-state index in [0.717, 1.165) is 13.0 Å². The predicted octanol–water partition coefficient (Wildman–Crippen LogP) is 2.46. The van der Waals surface area contributed by atoms with Crippen LogP contribution in [0.25, 0.3) is 0 Å². The number of ether oxygens (including phenoxy) is 1. The molecule has 0 bridgehead atoms. The fraction of sp³-hybridized carbons (Fsp3) is 0.923. The Morgan fingerprint density at radius 2 is 1.75 bits per heavy atom. The highest BCUT2D eigenvalue weighted by atomic mass is 16.5. The number of hydrogen-bond acceptors (Lipinski definition) is 2. The molecular weight excluding hydrogens is 202 g/mol. The van der Waals surface area contributed by atoms with Crippen LogP contribution in [0.1, 0.15) is 40.5 Å². The van der Waals surface area contributed by atoms with E-state index in [-0.39, 0.29) is 5.91 Å². The Morgan fingerprint density at radius 1 is 1.19 bits per heavy atom. The van der Waals surface area contributed by atoms with Crippen LogP contribution in [0, 0.1) is 17.8 Å². The molecule has 0 aromatic rings. The second-order valence-electron chi connectivity index (χ2n) is 5.05. The lowest BCUT2D eigenvalue weighted by Crippen LogP contribution is -2.33. The summed E-state index contributed by atoms with van der Waals surface area (Å²) in [6.45, 7) is 10.3. The molecule has 0 aliphatic rings. The molecule has 0 saturated carbocycles. The minimum atomic E-state index is 0.142. The summed E-state index contributed by atoms with van der Waals surface area (Å²) in [5, 5.41) is 3.01. The number of rotatable bonds is 8. The van der Waals surface area contributed by atoms with Gasteiger partial charge in [0.15, 0.2) is 0 Å². The molecule has 0 spiro atoms. The largest absolute Gasteiger partial charge is 0.385 e. The minimum Gasteiger partial charge on any atom is -0.385 e. The third-order valence-corrected chi connectivity index (χ3v) is 3.00. The molecule has 0 heterocycles. The van der Waals surface area contributed by atoms with Gasteiger partial charge in [0.05, 0.1) is 0 Å². The minimum absolute atomic E-state index is 0.142. The lowest BCUT2D eigenvalue weighted by atomic mass is 9.85. The van der Waals surface area contributed by atoms with Crippen molar-refractivity contribution in [3.05, 3.63) is 0 Å². The van der Waals surface area contributed by atoms with E-state index in [9.17, 15) is 4.79 Å². The molecule has 0 rings (SSSR count). The van der Waals surface area contributed by atoms with Crippen LogP contribution in [-0.2, 0) is 9.53 Å². The summed E-state index contributed by atoms with van der Waals surface area (Å²) in [6.07, 6.45) is 1.37. The highest BCUT2D eigenvalue weighted by molar-refractivity contribution is 5.75. The maximum Gasteiger partial charge on any atom is 0.220 e. The average Bonchev–Trinajstić information content (AvgIpc) is 2.17. The Labute approximate surface area is 99.9 Å². The third-order valence-electron chi connectivity index (χ3n) is 3.00. The summed E-state index contributed by atoms with van der Waals surface area (Å²) in [7, 11) is 1.66. The van der Waals surface area contributed by atoms with E-state index in [4.69, 9.17) is 4.74 Å². The van der Waals surface area contributed by atoms with E-state index in [1.54, 1.807) is 7.11 Å². The second kappa shape index (κ2) is 8.57. The van der Waals surface area contributed by atoms with Gasteiger partial charge >= 0.3 is 0 Å². The van der Waals surface area contributed by atoms with Crippen molar-refractivity contribution in [1.29, 1.82) is 0 Å². The monoisotopic (exact) mass is 229 g/mol. The fourth-order valence-electron chi connectivity index (χ4n) is 1.94. The molecule has 3 heteroatoms. The summed E-state index contributed by atoms with van der Waals surface area (Å²) in [5.41, 5.74) is 0. The quantitative estimate of drug-likeness (QED) is 0.649. The zero-order valence-electron chi connectivity index (χ0n) is 11.4. The molecule has 0 aliphatic heterocycles. The highest BCUT2D eigenvalue weighted by Crippen LogP contribution is 2.19. The van der Waals surface area contributed by atoms with Crippen molar-refractivity contribution in [2.24, 2.45) is 17.8 Å². The van der Waals surface area contributed by atoms with Crippen LogP contribution in [0.5, 0.6) is 0 Å². The molecule has 0 aromatic carbocycles. The molecule has 0 aromatic heterocycles. The van der Waals surface area contributed by atoms with Crippen molar-refractivity contribution in [1.82, 2.24) is 5.32 Å². The van der Waals surface area contributed by atoms with Gasteiger partial charge in [-0.15, -0.1) is 0 Å². The van der Waals surface area contributed by atoms with Gasteiger partial charge in [0.25, 0.3) is 0 Å². The number of carbonyl (C=O) groups is 1. The number of carbonyl (C=O) groups excluding carboxylic acids is 1. The van der Waals surface area contributed by atoms with Gasteiger partial charge in [-0.2, -0.15) is 0 Å². The molecule has 0 unspecified atom stereocenters. The highest BCUT2D eigenvalue weighted by Gasteiger charge is 2.17. The molecule has 16 heavy (non-hydrogen) atoms. The standard InChI is InChI=1S/C13H27NO2/c1-10(2)12(11(3)4)9-14-13(15)7-6-8-16-5/h10-12H,6-9H2,1-5H3,(H,14,15). The van der Waals surface area contributed by atoms with Gasteiger partial charge in [0, 0.05) is 26.7 Å². The van der Waals surface area contributed by atoms with E-state index in [1.807, 2.05) is 0 Å². The lowest BCUT2D eigenvalue weighted by molar-refractivity contribution is -0.121. The second-order valence-corrected chi connectivity index (χ2v) is 5.05. The van der Waals surface area contributed by atoms with Crippen LogP contribution in [0.4, 0.5) is 0 Å².